The van der Waals surface area contributed by atoms with Gasteiger partial charge in [0, 0.05) is 0 Å². The summed E-state index contributed by atoms with van der Waals surface area (Å²) in [5.74, 6) is 0. The third-order valence-electron chi connectivity index (χ3n) is 1.89. The van der Waals surface area contributed by atoms with E-state index < -0.39 is 36.7 Å². The lowest BCUT2D eigenvalue weighted by Crippen LogP contribution is -2.55. The lowest BCUT2D eigenvalue weighted by atomic mass is 10.3. The Hall–Kier alpha value is -2.52. The predicted octanol–water partition coefficient (Wildman–Crippen LogP) is -1.71. The van der Waals surface area contributed by atoms with Crippen molar-refractivity contribution in [2.75, 3.05) is 6.54 Å². The average Bonchev–Trinajstić information content (AvgIpc) is 2.11. The van der Waals surface area contributed by atoms with E-state index in [1.165, 1.54) is 6.92 Å². The number of imide groups is 2. The van der Waals surface area contributed by atoms with Crippen molar-refractivity contribution in [3.05, 3.63) is 0 Å². The highest BCUT2D eigenvalue weighted by atomic mass is 16.2. The lowest BCUT2D eigenvalue weighted by Gasteiger charge is -2.27. The quantitative estimate of drug-likeness (QED) is 0.463. The molecule has 0 aliphatic heterocycles. The first kappa shape index (κ1) is 14.5. The van der Waals surface area contributed by atoms with Crippen LogP contribution in [-0.4, -0.2) is 46.5 Å². The molecule has 0 aromatic heterocycles. The van der Waals surface area contributed by atoms with Crippen LogP contribution in [0.3, 0.4) is 0 Å². The maximum Gasteiger partial charge on any atom is 0.323 e. The molecule has 0 bridgehead atoms. The molecule has 96 valence electrons. The Morgan fingerprint density at radius 1 is 0.882 bits per heavy atom. The highest BCUT2D eigenvalue weighted by Crippen LogP contribution is 2.02. The highest BCUT2D eigenvalue weighted by molar-refractivity contribution is 5.93. The number of amides is 8. The number of nitrogens with zero attached hydrogens (tertiary/aromatic N) is 2. The molecule has 0 saturated carbocycles. The first-order valence-electron chi connectivity index (χ1n) is 4.43. The van der Waals surface area contributed by atoms with Crippen LogP contribution in [0.15, 0.2) is 0 Å². The van der Waals surface area contributed by atoms with E-state index in [1.54, 1.807) is 0 Å². The molecule has 0 aromatic carbocycles. The molecule has 0 aromatic rings. The van der Waals surface area contributed by atoms with Crippen molar-refractivity contribution in [3.63, 3.8) is 0 Å². The third kappa shape index (κ3) is 3.85. The third-order valence-corrected chi connectivity index (χ3v) is 1.89. The second-order valence-corrected chi connectivity index (χ2v) is 3.18. The number of hydrogen-bond donors (Lipinski definition) is 4. The van der Waals surface area contributed by atoms with Gasteiger partial charge in [-0.3, -0.25) is 0 Å². The molecule has 10 heteroatoms. The molecule has 1 atom stereocenters. The Morgan fingerprint density at radius 3 is 1.47 bits per heavy atom. The van der Waals surface area contributed by atoms with Crippen molar-refractivity contribution in [2.24, 2.45) is 22.9 Å². The molecule has 0 rings (SSSR count). The smallest absolute Gasteiger partial charge is 0.323 e. The summed E-state index contributed by atoms with van der Waals surface area (Å²) in [6, 6.07) is -5.39. The van der Waals surface area contributed by atoms with Gasteiger partial charge < -0.3 is 22.9 Å². The minimum Gasteiger partial charge on any atom is -0.351 e. The second kappa shape index (κ2) is 5.53. The van der Waals surface area contributed by atoms with Crippen LogP contribution in [0.1, 0.15) is 6.92 Å². The van der Waals surface area contributed by atoms with Crippen molar-refractivity contribution in [1.82, 2.24) is 9.80 Å². The fourth-order valence-electron chi connectivity index (χ4n) is 1.18. The number of rotatable bonds is 3. The first-order valence-corrected chi connectivity index (χ1v) is 4.43. The SMILES string of the molecule is CC(CN(C(N)=O)C(N)=O)N(C(N)=O)C(N)=O. The first-order chi connectivity index (χ1) is 7.68. The molecular formula is C7H14N6O4. The Bertz CT molecular complexity index is 328. The van der Waals surface area contributed by atoms with Gasteiger partial charge in [0.15, 0.2) is 0 Å². The van der Waals surface area contributed by atoms with E-state index in [2.05, 4.69) is 0 Å². The molecule has 0 radical (unpaired) electrons. The van der Waals surface area contributed by atoms with Crippen LogP contribution in [0.2, 0.25) is 0 Å². The standard InChI is InChI=1S/C7H14N6O4/c1-3(13(6(10)16)7(11)17)2-12(4(8)14)5(9)15/h3H,2H2,1H3,(H2,8,14)(H2,9,15)(H2,10,16)(H2,11,17). The summed E-state index contributed by atoms with van der Waals surface area (Å²) in [5.41, 5.74) is 19.6. The van der Waals surface area contributed by atoms with Gasteiger partial charge in [-0.25, -0.2) is 29.0 Å². The zero-order valence-corrected chi connectivity index (χ0v) is 9.12. The van der Waals surface area contributed by atoms with Gasteiger partial charge in [-0.15, -0.1) is 0 Å². The molecule has 8 N–H and O–H groups in total. The molecule has 0 saturated heterocycles. The van der Waals surface area contributed by atoms with E-state index in [1.807, 2.05) is 0 Å². The maximum atomic E-state index is 10.9. The van der Waals surface area contributed by atoms with Crippen LogP contribution in [0.4, 0.5) is 19.2 Å². The van der Waals surface area contributed by atoms with E-state index in [4.69, 9.17) is 22.9 Å². The Labute approximate surface area is 96.5 Å². The van der Waals surface area contributed by atoms with Crippen LogP contribution in [0, 0.1) is 0 Å². The molecule has 0 spiro atoms. The van der Waals surface area contributed by atoms with Gasteiger partial charge in [0.05, 0.1) is 12.6 Å². The molecule has 0 aliphatic carbocycles. The number of primary amides is 4. The average molecular weight is 246 g/mol. The van der Waals surface area contributed by atoms with Crippen molar-refractivity contribution in [3.8, 4) is 0 Å². The Morgan fingerprint density at radius 2 is 1.24 bits per heavy atom. The van der Waals surface area contributed by atoms with Crippen LogP contribution in [0.25, 0.3) is 0 Å². The monoisotopic (exact) mass is 246 g/mol. The fourth-order valence-corrected chi connectivity index (χ4v) is 1.18. The van der Waals surface area contributed by atoms with Crippen molar-refractivity contribution in [2.45, 2.75) is 13.0 Å². The van der Waals surface area contributed by atoms with E-state index in [9.17, 15) is 19.2 Å². The van der Waals surface area contributed by atoms with Crippen molar-refractivity contribution in [1.29, 1.82) is 0 Å². The summed E-state index contributed by atoms with van der Waals surface area (Å²) >= 11 is 0. The normalized spacial score (nSPS) is 11.4. The van der Waals surface area contributed by atoms with Gasteiger partial charge in [0.25, 0.3) is 0 Å². The summed E-state index contributed by atoms with van der Waals surface area (Å²) in [6.07, 6.45) is 0. The van der Waals surface area contributed by atoms with Gasteiger partial charge in [-0.05, 0) is 6.92 Å². The van der Waals surface area contributed by atoms with E-state index in [-0.39, 0.29) is 0 Å². The Balaban J connectivity index is 4.86. The minimum absolute atomic E-state index is 0.392. The second-order valence-electron chi connectivity index (χ2n) is 3.18. The lowest BCUT2D eigenvalue weighted by molar-refractivity contribution is 0.164. The number of urea groups is 4. The van der Waals surface area contributed by atoms with Gasteiger partial charge in [0.2, 0.25) is 0 Å². The van der Waals surface area contributed by atoms with Crippen LogP contribution in [-0.2, 0) is 0 Å². The maximum absolute atomic E-state index is 10.9. The van der Waals surface area contributed by atoms with Crippen molar-refractivity contribution >= 4 is 24.1 Å². The number of hydrogen-bond acceptors (Lipinski definition) is 4. The molecule has 0 fully saturated rings. The topological polar surface area (TPSA) is 179 Å². The van der Waals surface area contributed by atoms with Crippen molar-refractivity contribution < 1.29 is 19.2 Å². The molecular weight excluding hydrogens is 232 g/mol. The zero-order valence-electron chi connectivity index (χ0n) is 9.12. The highest BCUT2D eigenvalue weighted by Gasteiger charge is 2.27. The van der Waals surface area contributed by atoms with Gasteiger partial charge in [0.1, 0.15) is 0 Å². The Kier molecular flexibility index (Phi) is 4.71. The van der Waals surface area contributed by atoms with Gasteiger partial charge in [-0.2, -0.15) is 0 Å². The van der Waals surface area contributed by atoms with E-state index in [0.29, 0.717) is 9.80 Å². The van der Waals surface area contributed by atoms with Crippen LogP contribution < -0.4 is 22.9 Å². The largest absolute Gasteiger partial charge is 0.351 e. The molecule has 0 aliphatic rings. The van der Waals surface area contributed by atoms with Gasteiger partial charge >= 0.3 is 24.1 Å². The van der Waals surface area contributed by atoms with E-state index in [0.717, 1.165) is 0 Å². The number of carbonyl (C=O) groups is 4. The molecule has 1 unspecified atom stereocenters. The summed E-state index contributed by atoms with van der Waals surface area (Å²) in [5, 5.41) is 0. The number of carbonyl (C=O) groups excluding carboxylic acids is 4. The molecule has 8 amide bonds. The van der Waals surface area contributed by atoms with Crippen LogP contribution >= 0.6 is 0 Å². The molecule has 0 heterocycles. The summed E-state index contributed by atoms with van der Waals surface area (Å²) < 4.78 is 0. The van der Waals surface area contributed by atoms with Crippen LogP contribution in [0.5, 0.6) is 0 Å². The fraction of sp³-hybridized carbons (Fsp3) is 0.429. The summed E-state index contributed by atoms with van der Waals surface area (Å²) in [7, 11) is 0. The number of nitrogens with two attached hydrogens (primary N) is 4. The zero-order chi connectivity index (χ0) is 13.7. The molecule has 17 heavy (non-hydrogen) atoms. The minimum atomic E-state index is -1.11. The van der Waals surface area contributed by atoms with Gasteiger partial charge in [-0.1, -0.05) is 0 Å². The summed E-state index contributed by atoms with van der Waals surface area (Å²) in [6.45, 7) is 0.949. The molecule has 10 nitrogen and oxygen atoms in total. The van der Waals surface area contributed by atoms with E-state index >= 15 is 0 Å². The summed E-state index contributed by atoms with van der Waals surface area (Å²) in [4.78, 5) is 44.4. The predicted molar refractivity (Wildman–Crippen MR) is 56.3 cm³/mol.